The Hall–Kier alpha value is -1.18. The van der Waals surface area contributed by atoms with Crippen molar-refractivity contribution in [1.82, 2.24) is 9.62 Å². The number of nitrogens with zero attached hydrogens (tertiary/aromatic N) is 1. The lowest BCUT2D eigenvalue weighted by Gasteiger charge is -2.32. The van der Waals surface area contributed by atoms with Crippen molar-refractivity contribution in [3.05, 3.63) is 29.8 Å². The summed E-state index contributed by atoms with van der Waals surface area (Å²) in [5.41, 5.74) is 2.26. The highest BCUT2D eigenvalue weighted by atomic mass is 32.2. The van der Waals surface area contributed by atoms with Gasteiger partial charge in [-0.1, -0.05) is 32.9 Å². The molecule has 0 saturated carbocycles. The fraction of sp³-hybridized carbons (Fsp3) is 0.611. The van der Waals surface area contributed by atoms with E-state index in [9.17, 15) is 8.42 Å². The van der Waals surface area contributed by atoms with Crippen LogP contribution in [0.4, 0.5) is 5.69 Å². The Bertz CT molecular complexity index is 664. The van der Waals surface area contributed by atoms with Gasteiger partial charge in [0.2, 0.25) is 10.0 Å². The minimum absolute atomic E-state index is 0.211. The summed E-state index contributed by atoms with van der Waals surface area (Å²) >= 11 is 5.39. The van der Waals surface area contributed by atoms with Crippen molar-refractivity contribution in [2.45, 2.75) is 52.0 Å². The molecule has 1 aliphatic heterocycles. The van der Waals surface area contributed by atoms with Crippen LogP contribution < -0.4 is 10.6 Å². The van der Waals surface area contributed by atoms with Crippen LogP contribution in [0.2, 0.25) is 0 Å². The summed E-state index contributed by atoms with van der Waals surface area (Å²) in [5.74, 6) is 0.741. The molecule has 7 heteroatoms. The van der Waals surface area contributed by atoms with Gasteiger partial charge in [0, 0.05) is 24.8 Å². The number of rotatable bonds is 6. The normalized spacial score (nSPS) is 16.8. The van der Waals surface area contributed by atoms with Crippen molar-refractivity contribution >= 4 is 33.0 Å². The quantitative estimate of drug-likeness (QED) is 0.738. The molecule has 140 valence electrons. The summed E-state index contributed by atoms with van der Waals surface area (Å²) < 4.78 is 25.8. The van der Waals surface area contributed by atoms with Gasteiger partial charge >= 0.3 is 0 Å². The minimum atomic E-state index is -3.09. The van der Waals surface area contributed by atoms with E-state index in [-0.39, 0.29) is 11.8 Å². The first-order chi connectivity index (χ1) is 11.8. The summed E-state index contributed by atoms with van der Waals surface area (Å²) in [5, 5.41) is 7.10. The largest absolute Gasteiger partial charge is 0.360 e. The SMILES string of the molecule is CCCS(=O)(=O)N1CCC(NC(=S)Nc2ccc(C(C)C)cc2)CC1. The smallest absolute Gasteiger partial charge is 0.214 e. The number of anilines is 1. The molecule has 0 aromatic heterocycles. The lowest BCUT2D eigenvalue weighted by atomic mass is 10.0. The van der Waals surface area contributed by atoms with Crippen molar-refractivity contribution in [2.24, 2.45) is 0 Å². The number of hydrogen-bond acceptors (Lipinski definition) is 3. The van der Waals surface area contributed by atoms with Crippen molar-refractivity contribution in [2.75, 3.05) is 24.2 Å². The zero-order valence-corrected chi connectivity index (χ0v) is 16.9. The van der Waals surface area contributed by atoms with Crippen LogP contribution >= 0.6 is 12.2 Å². The molecule has 0 bridgehead atoms. The van der Waals surface area contributed by atoms with Crippen LogP contribution in [0.5, 0.6) is 0 Å². The molecule has 0 radical (unpaired) electrons. The van der Waals surface area contributed by atoms with Crippen LogP contribution in [-0.2, 0) is 10.0 Å². The predicted octanol–water partition coefficient (Wildman–Crippen LogP) is 3.30. The predicted molar refractivity (Wildman–Crippen MR) is 109 cm³/mol. The van der Waals surface area contributed by atoms with E-state index in [2.05, 4.69) is 36.6 Å². The van der Waals surface area contributed by atoms with E-state index in [0.717, 1.165) is 18.5 Å². The molecule has 0 atom stereocenters. The van der Waals surface area contributed by atoms with E-state index in [1.54, 1.807) is 4.31 Å². The van der Waals surface area contributed by atoms with Crippen molar-refractivity contribution in [1.29, 1.82) is 0 Å². The average Bonchev–Trinajstić information content (AvgIpc) is 2.55. The van der Waals surface area contributed by atoms with Crippen molar-refractivity contribution in [3.63, 3.8) is 0 Å². The molecule has 2 rings (SSSR count). The van der Waals surface area contributed by atoms with Crippen LogP contribution in [0.15, 0.2) is 24.3 Å². The van der Waals surface area contributed by atoms with Gasteiger partial charge in [-0.2, -0.15) is 0 Å². The van der Waals surface area contributed by atoms with Crippen LogP contribution in [0.1, 0.15) is 51.5 Å². The highest BCUT2D eigenvalue weighted by Gasteiger charge is 2.27. The maximum atomic E-state index is 12.1. The Balaban J connectivity index is 1.80. The second-order valence-corrected chi connectivity index (χ2v) is 9.36. The van der Waals surface area contributed by atoms with Crippen LogP contribution in [0.3, 0.4) is 0 Å². The standard InChI is InChI=1S/C18H29N3O2S2/c1-4-13-25(22,23)21-11-9-17(10-12-21)20-18(24)19-16-7-5-15(6-8-16)14(2)3/h5-8,14,17H,4,9-13H2,1-3H3,(H2,19,20,24). The van der Waals surface area contributed by atoms with E-state index in [0.29, 0.717) is 30.5 Å². The molecular weight excluding hydrogens is 354 g/mol. The molecule has 1 aromatic carbocycles. The van der Waals surface area contributed by atoms with Gasteiger partial charge in [0.15, 0.2) is 5.11 Å². The summed E-state index contributed by atoms with van der Waals surface area (Å²) in [6, 6.07) is 8.48. The molecular formula is C18H29N3O2S2. The van der Waals surface area contributed by atoms with Crippen LogP contribution in [0, 0.1) is 0 Å². The topological polar surface area (TPSA) is 61.4 Å². The zero-order valence-electron chi connectivity index (χ0n) is 15.3. The highest BCUT2D eigenvalue weighted by Crippen LogP contribution is 2.18. The summed E-state index contributed by atoms with van der Waals surface area (Å²) in [7, 11) is -3.09. The minimum Gasteiger partial charge on any atom is -0.360 e. The third-order valence-electron chi connectivity index (χ3n) is 4.48. The molecule has 25 heavy (non-hydrogen) atoms. The summed E-state index contributed by atoms with van der Waals surface area (Å²) in [6.07, 6.45) is 2.21. The van der Waals surface area contributed by atoms with Gasteiger partial charge in [-0.05, 0) is 55.1 Å². The second-order valence-electron chi connectivity index (χ2n) is 6.86. The fourth-order valence-electron chi connectivity index (χ4n) is 2.97. The number of nitrogens with one attached hydrogen (secondary N) is 2. The first-order valence-corrected chi connectivity index (χ1v) is 11.0. The molecule has 0 unspecified atom stereocenters. The fourth-order valence-corrected chi connectivity index (χ4v) is 4.80. The lowest BCUT2D eigenvalue weighted by molar-refractivity contribution is 0.308. The second kappa shape index (κ2) is 8.96. The molecule has 2 N–H and O–H groups in total. The molecule has 0 spiro atoms. The Kier molecular flexibility index (Phi) is 7.22. The van der Waals surface area contributed by atoms with Crippen LogP contribution in [0.25, 0.3) is 0 Å². The molecule has 0 amide bonds. The van der Waals surface area contributed by atoms with E-state index < -0.39 is 10.0 Å². The maximum Gasteiger partial charge on any atom is 0.214 e. The van der Waals surface area contributed by atoms with Gasteiger partial charge < -0.3 is 10.6 Å². The molecule has 1 fully saturated rings. The van der Waals surface area contributed by atoms with Crippen LogP contribution in [-0.4, -0.2) is 42.7 Å². The summed E-state index contributed by atoms with van der Waals surface area (Å²) in [6.45, 7) is 7.35. The number of sulfonamides is 1. The molecule has 1 aliphatic rings. The molecule has 0 aliphatic carbocycles. The van der Waals surface area contributed by atoms with Gasteiger partial charge in [-0.15, -0.1) is 0 Å². The van der Waals surface area contributed by atoms with Gasteiger partial charge in [0.05, 0.1) is 5.75 Å². The highest BCUT2D eigenvalue weighted by molar-refractivity contribution is 7.89. The van der Waals surface area contributed by atoms with E-state index in [1.807, 2.05) is 19.1 Å². The third kappa shape index (κ3) is 5.94. The third-order valence-corrected chi connectivity index (χ3v) is 6.78. The van der Waals surface area contributed by atoms with Gasteiger partial charge in [-0.25, -0.2) is 12.7 Å². The average molecular weight is 384 g/mol. The molecule has 1 aromatic rings. The summed E-state index contributed by atoms with van der Waals surface area (Å²) in [4.78, 5) is 0. The molecule has 1 heterocycles. The molecule has 5 nitrogen and oxygen atoms in total. The van der Waals surface area contributed by atoms with Gasteiger partial charge in [0.25, 0.3) is 0 Å². The van der Waals surface area contributed by atoms with Crippen molar-refractivity contribution in [3.8, 4) is 0 Å². The van der Waals surface area contributed by atoms with Gasteiger partial charge in [-0.3, -0.25) is 0 Å². The first kappa shape index (κ1) is 20.1. The van der Waals surface area contributed by atoms with Gasteiger partial charge in [0.1, 0.15) is 0 Å². The number of piperidine rings is 1. The Morgan fingerprint density at radius 1 is 1.24 bits per heavy atom. The molecule has 1 saturated heterocycles. The monoisotopic (exact) mass is 383 g/mol. The first-order valence-electron chi connectivity index (χ1n) is 8.97. The van der Waals surface area contributed by atoms with E-state index in [4.69, 9.17) is 12.2 Å². The van der Waals surface area contributed by atoms with E-state index >= 15 is 0 Å². The Labute approximate surface area is 157 Å². The van der Waals surface area contributed by atoms with Crippen molar-refractivity contribution < 1.29 is 8.42 Å². The number of thiocarbonyl (C=S) groups is 1. The van der Waals surface area contributed by atoms with E-state index in [1.165, 1.54) is 5.56 Å². The lowest BCUT2D eigenvalue weighted by Crippen LogP contribution is -2.47. The number of benzene rings is 1. The Morgan fingerprint density at radius 2 is 1.84 bits per heavy atom. The maximum absolute atomic E-state index is 12.1. The number of hydrogen-bond donors (Lipinski definition) is 2. The zero-order chi connectivity index (χ0) is 18.4. The Morgan fingerprint density at radius 3 is 2.36 bits per heavy atom.